The van der Waals surface area contributed by atoms with Gasteiger partial charge in [-0.05, 0) is 59.8 Å². The van der Waals surface area contributed by atoms with Crippen LogP contribution in [0.3, 0.4) is 0 Å². The summed E-state index contributed by atoms with van der Waals surface area (Å²) in [6, 6.07) is 8.29. The highest BCUT2D eigenvalue weighted by Gasteiger charge is 2.46. The van der Waals surface area contributed by atoms with E-state index in [0.29, 0.717) is 27.2 Å². The minimum atomic E-state index is -1.23. The van der Waals surface area contributed by atoms with Gasteiger partial charge in [-0.15, -0.1) is 0 Å². The maximum Gasteiger partial charge on any atom is 0.340 e. The van der Waals surface area contributed by atoms with E-state index in [9.17, 15) is 14.0 Å². The number of rotatable bonds is 4. The molecule has 1 saturated heterocycles. The molecular weight excluding hydrogens is 524 g/mol. The van der Waals surface area contributed by atoms with Gasteiger partial charge in [0.05, 0.1) is 24.9 Å². The molecule has 1 aromatic carbocycles. The molecule has 1 aliphatic heterocycles. The standard InChI is InChI=1S/C20H17FIN3O4S/c1-20(19(27)28-2)7-9-25(29-20)18(26)15-12-4-3-8-23-16(12)30-17(15)24-14-6-5-11(22)10-13(14)21/h3-6,8,10,24H,7,9H2,1-2H3. The summed E-state index contributed by atoms with van der Waals surface area (Å²) in [7, 11) is 1.27. The average Bonchev–Trinajstić information content (AvgIpc) is 3.30. The van der Waals surface area contributed by atoms with Crippen LogP contribution in [-0.4, -0.2) is 41.2 Å². The van der Waals surface area contributed by atoms with E-state index in [1.54, 1.807) is 37.4 Å². The van der Waals surface area contributed by atoms with E-state index in [4.69, 9.17) is 9.57 Å². The van der Waals surface area contributed by atoms with Crippen LogP contribution in [-0.2, 0) is 14.4 Å². The lowest BCUT2D eigenvalue weighted by Crippen LogP contribution is -2.38. The van der Waals surface area contributed by atoms with Gasteiger partial charge in [0.1, 0.15) is 15.6 Å². The Morgan fingerprint density at radius 2 is 2.20 bits per heavy atom. The van der Waals surface area contributed by atoms with E-state index in [1.165, 1.54) is 24.5 Å². The Morgan fingerprint density at radius 1 is 1.40 bits per heavy atom. The normalized spacial score (nSPS) is 18.6. The number of halogens is 2. The van der Waals surface area contributed by atoms with Gasteiger partial charge < -0.3 is 10.1 Å². The second-order valence-corrected chi connectivity index (χ2v) is 9.13. The zero-order valence-electron chi connectivity index (χ0n) is 16.1. The van der Waals surface area contributed by atoms with Crippen LogP contribution in [0.5, 0.6) is 0 Å². The number of thiophene rings is 1. The lowest BCUT2D eigenvalue weighted by molar-refractivity contribution is -0.192. The van der Waals surface area contributed by atoms with Crippen LogP contribution < -0.4 is 5.32 Å². The Bertz CT molecular complexity index is 1150. The van der Waals surface area contributed by atoms with Gasteiger partial charge >= 0.3 is 5.97 Å². The molecule has 156 valence electrons. The highest BCUT2D eigenvalue weighted by Crippen LogP contribution is 2.39. The predicted octanol–water partition coefficient (Wildman–Crippen LogP) is 4.49. The smallest absolute Gasteiger partial charge is 0.340 e. The first-order valence-corrected chi connectivity index (χ1v) is 10.9. The van der Waals surface area contributed by atoms with Crippen molar-refractivity contribution in [3.05, 3.63) is 51.5 Å². The summed E-state index contributed by atoms with van der Waals surface area (Å²) in [6.45, 7) is 1.80. The van der Waals surface area contributed by atoms with Gasteiger partial charge in [-0.25, -0.2) is 19.2 Å². The molecular formula is C20H17FIN3O4S. The lowest BCUT2D eigenvalue weighted by Gasteiger charge is -2.22. The first kappa shape index (κ1) is 20.9. The van der Waals surface area contributed by atoms with Gasteiger partial charge in [-0.1, -0.05) is 11.3 Å². The molecule has 30 heavy (non-hydrogen) atoms. The number of hydrogen-bond donors (Lipinski definition) is 1. The van der Waals surface area contributed by atoms with Crippen LogP contribution in [0.25, 0.3) is 10.2 Å². The number of esters is 1. The summed E-state index contributed by atoms with van der Waals surface area (Å²) < 4.78 is 20.0. The molecule has 0 spiro atoms. The number of aromatic nitrogens is 1. The minimum Gasteiger partial charge on any atom is -0.467 e. The van der Waals surface area contributed by atoms with E-state index in [0.717, 1.165) is 8.63 Å². The Morgan fingerprint density at radius 3 is 2.93 bits per heavy atom. The fourth-order valence-corrected chi connectivity index (χ4v) is 4.72. The highest BCUT2D eigenvalue weighted by molar-refractivity contribution is 14.1. The van der Waals surface area contributed by atoms with Crippen molar-refractivity contribution in [1.29, 1.82) is 0 Å². The fraction of sp³-hybridized carbons (Fsp3) is 0.250. The molecule has 0 radical (unpaired) electrons. The van der Waals surface area contributed by atoms with Gasteiger partial charge in [0, 0.05) is 21.6 Å². The fourth-order valence-electron chi connectivity index (χ4n) is 3.22. The first-order valence-electron chi connectivity index (χ1n) is 9.01. The molecule has 3 aromatic rings. The van der Waals surface area contributed by atoms with E-state index >= 15 is 0 Å². The Hall–Kier alpha value is -2.31. The van der Waals surface area contributed by atoms with Crippen molar-refractivity contribution in [1.82, 2.24) is 10.0 Å². The maximum absolute atomic E-state index is 14.4. The molecule has 1 N–H and O–H groups in total. The second kappa shape index (κ2) is 8.08. The largest absolute Gasteiger partial charge is 0.467 e. The van der Waals surface area contributed by atoms with Crippen LogP contribution >= 0.6 is 33.9 Å². The van der Waals surface area contributed by atoms with Crippen molar-refractivity contribution >= 4 is 66.7 Å². The lowest BCUT2D eigenvalue weighted by atomic mass is 10.0. The third-order valence-electron chi connectivity index (χ3n) is 4.81. The number of hydroxylamine groups is 2. The number of benzene rings is 1. The molecule has 0 aliphatic carbocycles. The number of ether oxygens (including phenoxy) is 1. The summed E-state index contributed by atoms with van der Waals surface area (Å²) in [5.74, 6) is -1.41. The van der Waals surface area contributed by atoms with Crippen molar-refractivity contribution in [2.75, 3.05) is 19.0 Å². The number of nitrogens with one attached hydrogen (secondary N) is 1. The summed E-state index contributed by atoms with van der Waals surface area (Å²) in [5, 5.41) is 5.25. The van der Waals surface area contributed by atoms with Crippen molar-refractivity contribution in [3.63, 3.8) is 0 Å². The van der Waals surface area contributed by atoms with E-state index in [1.807, 2.05) is 22.6 Å². The number of pyridine rings is 1. The molecule has 3 heterocycles. The van der Waals surface area contributed by atoms with E-state index < -0.39 is 23.3 Å². The molecule has 1 unspecified atom stereocenters. The Balaban J connectivity index is 1.72. The van der Waals surface area contributed by atoms with Crippen LogP contribution in [0.2, 0.25) is 0 Å². The van der Waals surface area contributed by atoms with Crippen LogP contribution in [0.15, 0.2) is 36.5 Å². The molecule has 4 rings (SSSR count). The molecule has 7 nitrogen and oxygen atoms in total. The second-order valence-electron chi connectivity index (χ2n) is 6.88. The third-order valence-corrected chi connectivity index (χ3v) is 6.51. The zero-order chi connectivity index (χ0) is 21.5. The van der Waals surface area contributed by atoms with E-state index in [-0.39, 0.29) is 12.2 Å². The van der Waals surface area contributed by atoms with Crippen molar-refractivity contribution in [2.24, 2.45) is 0 Å². The quantitative estimate of drug-likeness (QED) is 0.388. The number of carbonyl (C=O) groups excluding carboxylic acids is 2. The number of anilines is 2. The number of carbonyl (C=O) groups is 2. The summed E-state index contributed by atoms with van der Waals surface area (Å²) in [6.07, 6.45) is 1.93. The maximum atomic E-state index is 14.4. The molecule has 0 bridgehead atoms. The average molecular weight is 541 g/mol. The number of fused-ring (bicyclic) bond motifs is 1. The van der Waals surface area contributed by atoms with Gasteiger partial charge in [-0.2, -0.15) is 0 Å². The molecule has 1 fully saturated rings. The van der Waals surface area contributed by atoms with Crippen LogP contribution in [0.4, 0.5) is 15.1 Å². The molecule has 10 heteroatoms. The van der Waals surface area contributed by atoms with Crippen LogP contribution in [0, 0.1) is 9.39 Å². The highest BCUT2D eigenvalue weighted by atomic mass is 127. The molecule has 2 aromatic heterocycles. The SMILES string of the molecule is COC(=O)C1(C)CCN(C(=O)c2c(Nc3ccc(I)cc3F)sc3ncccc23)O1. The van der Waals surface area contributed by atoms with Gasteiger partial charge in [-0.3, -0.25) is 9.63 Å². The van der Waals surface area contributed by atoms with Crippen molar-refractivity contribution in [3.8, 4) is 0 Å². The monoisotopic (exact) mass is 541 g/mol. The van der Waals surface area contributed by atoms with Crippen molar-refractivity contribution in [2.45, 2.75) is 18.9 Å². The van der Waals surface area contributed by atoms with Gasteiger partial charge in [0.2, 0.25) is 0 Å². The zero-order valence-corrected chi connectivity index (χ0v) is 19.0. The van der Waals surface area contributed by atoms with Gasteiger partial charge in [0.15, 0.2) is 5.60 Å². The summed E-state index contributed by atoms with van der Waals surface area (Å²) >= 11 is 3.27. The van der Waals surface area contributed by atoms with Crippen LogP contribution in [0.1, 0.15) is 23.7 Å². The number of hydrogen-bond acceptors (Lipinski definition) is 7. The van der Waals surface area contributed by atoms with E-state index in [2.05, 4.69) is 10.3 Å². The molecule has 1 aliphatic rings. The third kappa shape index (κ3) is 3.74. The Kier molecular flexibility index (Phi) is 5.64. The number of methoxy groups -OCH3 is 1. The minimum absolute atomic E-state index is 0.222. The molecule has 0 saturated carbocycles. The predicted molar refractivity (Wildman–Crippen MR) is 119 cm³/mol. The van der Waals surface area contributed by atoms with Crippen molar-refractivity contribution < 1.29 is 23.6 Å². The van der Waals surface area contributed by atoms with Gasteiger partial charge in [0.25, 0.3) is 5.91 Å². The molecule has 1 atom stereocenters. The Labute approximate surface area is 189 Å². The topological polar surface area (TPSA) is 80.8 Å². The summed E-state index contributed by atoms with van der Waals surface area (Å²) in [5.41, 5.74) is -0.669. The first-order chi connectivity index (χ1) is 14.3. The summed E-state index contributed by atoms with van der Waals surface area (Å²) in [4.78, 5) is 36.0. The molecule has 1 amide bonds. The number of nitrogens with zero attached hydrogens (tertiary/aromatic N) is 2. The number of amides is 1.